The molecule has 0 atom stereocenters. The summed E-state index contributed by atoms with van der Waals surface area (Å²) in [7, 11) is 1.58. The minimum atomic E-state index is 0.0976. The molecule has 120 valence electrons. The maximum Gasteiger partial charge on any atom is 0.316 e. The van der Waals surface area contributed by atoms with E-state index in [-0.39, 0.29) is 5.78 Å². The number of carbonyl (C=O) groups is 1. The van der Waals surface area contributed by atoms with Gasteiger partial charge in [0.05, 0.1) is 12.8 Å². The van der Waals surface area contributed by atoms with Crippen LogP contribution in [0.4, 0.5) is 0 Å². The predicted molar refractivity (Wildman–Crippen MR) is 89.9 cm³/mol. The summed E-state index contributed by atoms with van der Waals surface area (Å²) in [5.74, 6) is 1.11. The molecule has 0 amide bonds. The second-order valence-corrected chi connectivity index (χ2v) is 6.62. The summed E-state index contributed by atoms with van der Waals surface area (Å²) in [5.41, 5.74) is 2.96. The number of carbonyl (C=O) groups excluding carboxylic acids is 1. The second-order valence-electron chi connectivity index (χ2n) is 5.48. The molecule has 0 N–H and O–H groups in total. The Hall–Kier alpha value is -1.92. The summed E-state index contributed by atoms with van der Waals surface area (Å²) in [4.78, 5) is 23.5. The number of ketones is 1. The van der Waals surface area contributed by atoms with Gasteiger partial charge in [-0.15, -0.1) is 11.8 Å². The fourth-order valence-corrected chi connectivity index (χ4v) is 3.51. The van der Waals surface area contributed by atoms with Crippen molar-refractivity contribution >= 4 is 17.5 Å². The Morgan fingerprint density at radius 2 is 2.13 bits per heavy atom. The van der Waals surface area contributed by atoms with Crippen LogP contribution in [0, 0.1) is 0 Å². The molecule has 5 nitrogen and oxygen atoms in total. The van der Waals surface area contributed by atoms with Crippen LogP contribution in [-0.4, -0.2) is 40.1 Å². The van der Waals surface area contributed by atoms with Gasteiger partial charge in [-0.3, -0.25) is 9.69 Å². The van der Waals surface area contributed by atoms with E-state index >= 15 is 0 Å². The minimum absolute atomic E-state index is 0.0976. The fraction of sp³-hybridized carbons (Fsp3) is 0.353. The molecule has 6 heteroatoms. The Bertz CT molecular complexity index is 703. The highest BCUT2D eigenvalue weighted by atomic mass is 32.2. The Morgan fingerprint density at radius 3 is 2.83 bits per heavy atom. The van der Waals surface area contributed by atoms with Crippen LogP contribution in [0.5, 0.6) is 6.01 Å². The molecule has 2 aromatic rings. The molecule has 0 unspecified atom stereocenters. The number of thioether (sulfide) groups is 1. The minimum Gasteiger partial charge on any atom is -0.467 e. The normalized spacial score (nSPS) is 14.9. The smallest absolute Gasteiger partial charge is 0.316 e. The van der Waals surface area contributed by atoms with Gasteiger partial charge in [-0.05, 0) is 12.5 Å². The third kappa shape index (κ3) is 3.89. The molecule has 0 bridgehead atoms. The van der Waals surface area contributed by atoms with E-state index in [0.29, 0.717) is 6.01 Å². The molecule has 0 spiro atoms. The van der Waals surface area contributed by atoms with E-state index in [9.17, 15) is 4.79 Å². The maximum atomic E-state index is 11.4. The average Bonchev–Trinajstić information content (AvgIpc) is 2.76. The van der Waals surface area contributed by atoms with Crippen LogP contribution < -0.4 is 4.74 Å². The Morgan fingerprint density at radius 1 is 1.35 bits per heavy atom. The Kier molecular flexibility index (Phi) is 4.93. The zero-order valence-corrected chi connectivity index (χ0v) is 14.1. The van der Waals surface area contributed by atoms with E-state index < -0.39 is 0 Å². The highest BCUT2D eigenvalue weighted by Gasteiger charge is 2.17. The van der Waals surface area contributed by atoms with E-state index in [2.05, 4.69) is 14.9 Å². The van der Waals surface area contributed by atoms with Gasteiger partial charge in [0.15, 0.2) is 5.78 Å². The first kappa shape index (κ1) is 16.0. The molecular formula is C17H19N3O2S. The van der Waals surface area contributed by atoms with Crippen LogP contribution in [0.25, 0.3) is 0 Å². The van der Waals surface area contributed by atoms with Gasteiger partial charge in [0.2, 0.25) is 0 Å². The lowest BCUT2D eigenvalue weighted by Gasteiger charge is -2.19. The number of aromatic nitrogens is 2. The number of methoxy groups -OCH3 is 1. The second kappa shape index (κ2) is 7.10. The van der Waals surface area contributed by atoms with Crippen LogP contribution in [0.15, 0.2) is 35.4 Å². The van der Waals surface area contributed by atoms with Crippen molar-refractivity contribution in [2.24, 2.45) is 0 Å². The van der Waals surface area contributed by atoms with Crippen molar-refractivity contribution in [2.75, 3.05) is 19.4 Å². The molecule has 1 aromatic carbocycles. The topological polar surface area (TPSA) is 55.3 Å². The largest absolute Gasteiger partial charge is 0.467 e. The van der Waals surface area contributed by atoms with Gasteiger partial charge in [-0.1, -0.05) is 24.3 Å². The van der Waals surface area contributed by atoms with Crippen molar-refractivity contribution in [3.8, 4) is 6.01 Å². The zero-order chi connectivity index (χ0) is 16.2. The number of hydrogen-bond donors (Lipinski definition) is 0. The quantitative estimate of drug-likeness (QED) is 0.804. The van der Waals surface area contributed by atoms with Crippen LogP contribution in [-0.2, 0) is 13.1 Å². The SMILES string of the molecule is COc1ncc2c(n1)CN(Cc1ccc(C(C)=O)cc1)CCS2. The van der Waals surface area contributed by atoms with Crippen LogP contribution in [0.3, 0.4) is 0 Å². The first-order valence-corrected chi connectivity index (χ1v) is 8.49. The highest BCUT2D eigenvalue weighted by molar-refractivity contribution is 7.99. The van der Waals surface area contributed by atoms with E-state index in [1.54, 1.807) is 25.8 Å². The van der Waals surface area contributed by atoms with Crippen molar-refractivity contribution < 1.29 is 9.53 Å². The number of benzene rings is 1. The molecule has 1 aliphatic heterocycles. The zero-order valence-electron chi connectivity index (χ0n) is 13.3. The maximum absolute atomic E-state index is 11.4. The third-order valence-corrected chi connectivity index (χ3v) is 4.83. The number of rotatable bonds is 4. The molecule has 2 heterocycles. The number of fused-ring (bicyclic) bond motifs is 1. The van der Waals surface area contributed by atoms with Gasteiger partial charge >= 0.3 is 6.01 Å². The molecule has 0 radical (unpaired) electrons. The summed E-state index contributed by atoms with van der Waals surface area (Å²) in [6, 6.07) is 8.25. The first-order chi connectivity index (χ1) is 11.2. The summed E-state index contributed by atoms with van der Waals surface area (Å²) in [5, 5.41) is 0. The van der Waals surface area contributed by atoms with Crippen molar-refractivity contribution in [1.29, 1.82) is 0 Å². The van der Waals surface area contributed by atoms with Crippen molar-refractivity contribution in [3.05, 3.63) is 47.3 Å². The number of nitrogens with zero attached hydrogens (tertiary/aromatic N) is 3. The molecule has 1 aromatic heterocycles. The molecule has 0 saturated carbocycles. The lowest BCUT2D eigenvalue weighted by Crippen LogP contribution is -2.24. The van der Waals surface area contributed by atoms with Gasteiger partial charge in [0.25, 0.3) is 0 Å². The van der Waals surface area contributed by atoms with Gasteiger partial charge in [-0.25, -0.2) is 4.98 Å². The molecule has 3 rings (SSSR count). The number of hydrogen-bond acceptors (Lipinski definition) is 6. The van der Waals surface area contributed by atoms with Crippen molar-refractivity contribution in [3.63, 3.8) is 0 Å². The van der Waals surface area contributed by atoms with E-state index in [4.69, 9.17) is 4.74 Å². The van der Waals surface area contributed by atoms with Crippen LogP contribution in [0.2, 0.25) is 0 Å². The fourth-order valence-electron chi connectivity index (χ4n) is 2.53. The van der Waals surface area contributed by atoms with Gasteiger partial charge < -0.3 is 4.74 Å². The molecule has 0 aliphatic carbocycles. The summed E-state index contributed by atoms with van der Waals surface area (Å²) < 4.78 is 5.13. The van der Waals surface area contributed by atoms with E-state index in [1.807, 2.05) is 30.5 Å². The molecule has 0 saturated heterocycles. The lowest BCUT2D eigenvalue weighted by atomic mass is 10.1. The summed E-state index contributed by atoms with van der Waals surface area (Å²) >= 11 is 1.78. The third-order valence-electron chi connectivity index (χ3n) is 3.79. The van der Waals surface area contributed by atoms with E-state index in [1.165, 1.54) is 5.56 Å². The van der Waals surface area contributed by atoms with Crippen molar-refractivity contribution in [2.45, 2.75) is 24.9 Å². The summed E-state index contributed by atoms with van der Waals surface area (Å²) in [6.07, 6.45) is 1.84. The van der Waals surface area contributed by atoms with Crippen LogP contribution in [0.1, 0.15) is 28.5 Å². The average molecular weight is 329 g/mol. The van der Waals surface area contributed by atoms with Gasteiger partial charge in [0.1, 0.15) is 0 Å². The molecular weight excluding hydrogens is 310 g/mol. The lowest BCUT2D eigenvalue weighted by molar-refractivity contribution is 0.101. The van der Waals surface area contributed by atoms with E-state index in [0.717, 1.165) is 41.5 Å². The molecule has 1 aliphatic rings. The predicted octanol–water partition coefficient (Wildman–Crippen LogP) is 2.80. The first-order valence-electron chi connectivity index (χ1n) is 7.50. The monoisotopic (exact) mass is 329 g/mol. The van der Waals surface area contributed by atoms with Gasteiger partial charge in [-0.2, -0.15) is 4.98 Å². The Labute approximate surface area is 140 Å². The van der Waals surface area contributed by atoms with Crippen LogP contribution >= 0.6 is 11.8 Å². The standard InChI is InChI=1S/C17H19N3O2S/c1-12(21)14-5-3-13(4-6-14)10-20-7-8-23-16-9-18-17(22-2)19-15(16)11-20/h3-6,9H,7-8,10-11H2,1-2H3. The molecule has 0 fully saturated rings. The number of ether oxygens (including phenoxy) is 1. The Balaban J connectivity index is 1.74. The number of Topliss-reactive ketones (excluding diaryl/α,β-unsaturated/α-hetero) is 1. The van der Waals surface area contributed by atoms with Gasteiger partial charge in [0, 0.05) is 42.0 Å². The molecule has 23 heavy (non-hydrogen) atoms. The summed E-state index contributed by atoms with van der Waals surface area (Å²) in [6.45, 7) is 4.18. The van der Waals surface area contributed by atoms with Crippen molar-refractivity contribution in [1.82, 2.24) is 14.9 Å². The highest BCUT2D eigenvalue weighted by Crippen LogP contribution is 2.27.